The van der Waals surface area contributed by atoms with Crippen LogP contribution in [0.3, 0.4) is 0 Å². The summed E-state index contributed by atoms with van der Waals surface area (Å²) in [5.41, 5.74) is 1.35. The van der Waals surface area contributed by atoms with Crippen molar-refractivity contribution in [1.82, 2.24) is 0 Å². The Morgan fingerprint density at radius 2 is 1.84 bits per heavy atom. The van der Waals surface area contributed by atoms with E-state index < -0.39 is 5.97 Å². The van der Waals surface area contributed by atoms with Crippen molar-refractivity contribution in [3.63, 3.8) is 0 Å². The van der Waals surface area contributed by atoms with E-state index in [2.05, 4.69) is 19.2 Å². The number of aromatic carboxylic acids is 1. The Morgan fingerprint density at radius 1 is 1.16 bits per heavy atom. The Bertz CT molecular complexity index is 590. The molecule has 0 aliphatic heterocycles. The van der Waals surface area contributed by atoms with Crippen molar-refractivity contribution in [2.24, 2.45) is 5.92 Å². The number of hydrogen-bond acceptors (Lipinski definition) is 2. The Labute approximate surface area is 113 Å². The lowest BCUT2D eigenvalue weighted by atomic mass is 10.0. The Kier molecular flexibility index (Phi) is 4.05. The topological polar surface area (TPSA) is 49.3 Å². The van der Waals surface area contributed by atoms with Crippen LogP contribution in [0.1, 0.15) is 30.6 Å². The third kappa shape index (κ3) is 3.05. The van der Waals surface area contributed by atoms with E-state index in [9.17, 15) is 9.90 Å². The van der Waals surface area contributed by atoms with Gasteiger partial charge in [-0.15, -0.1) is 0 Å². The van der Waals surface area contributed by atoms with Crippen LogP contribution in [-0.4, -0.2) is 17.6 Å². The van der Waals surface area contributed by atoms with Crippen LogP contribution in [0, 0.1) is 5.92 Å². The fourth-order valence-corrected chi connectivity index (χ4v) is 2.14. The first-order chi connectivity index (χ1) is 9.09. The van der Waals surface area contributed by atoms with Gasteiger partial charge in [-0.3, -0.25) is 0 Å². The average Bonchev–Trinajstić information content (AvgIpc) is 2.38. The number of fused-ring (bicyclic) bond motifs is 1. The summed E-state index contributed by atoms with van der Waals surface area (Å²) >= 11 is 0. The first-order valence-electron chi connectivity index (χ1n) is 6.58. The summed E-state index contributed by atoms with van der Waals surface area (Å²) in [6, 6.07) is 11.1. The van der Waals surface area contributed by atoms with Crippen LogP contribution in [-0.2, 0) is 0 Å². The van der Waals surface area contributed by atoms with Gasteiger partial charge in [0.2, 0.25) is 0 Å². The van der Waals surface area contributed by atoms with Crippen molar-refractivity contribution in [3.05, 3.63) is 42.0 Å². The number of nitrogens with one attached hydrogen (secondary N) is 1. The zero-order valence-electron chi connectivity index (χ0n) is 11.3. The fraction of sp³-hybridized carbons (Fsp3) is 0.312. The smallest absolute Gasteiger partial charge is 0.336 e. The monoisotopic (exact) mass is 257 g/mol. The molecule has 0 unspecified atom stereocenters. The molecule has 0 saturated heterocycles. The van der Waals surface area contributed by atoms with E-state index in [1.807, 2.05) is 30.3 Å². The molecule has 19 heavy (non-hydrogen) atoms. The van der Waals surface area contributed by atoms with Gasteiger partial charge in [-0.05, 0) is 29.9 Å². The Hall–Kier alpha value is -2.03. The molecule has 0 fully saturated rings. The summed E-state index contributed by atoms with van der Waals surface area (Å²) in [6.07, 6.45) is 1.09. The molecule has 0 aromatic heterocycles. The molecule has 2 aromatic carbocycles. The maximum atomic E-state index is 11.2. The van der Waals surface area contributed by atoms with Crippen LogP contribution in [0.15, 0.2) is 36.4 Å². The standard InChI is InChI=1S/C16H19NO2/c1-11(2)9-10-17-15-8-7-14(16(18)19)12-5-3-4-6-13(12)15/h3-8,11,17H,9-10H2,1-2H3,(H,18,19). The highest BCUT2D eigenvalue weighted by molar-refractivity contribution is 6.07. The van der Waals surface area contributed by atoms with Crippen LogP contribution < -0.4 is 5.32 Å². The number of carboxylic acid groups (broad SMARTS) is 1. The second-order valence-electron chi connectivity index (χ2n) is 5.12. The summed E-state index contributed by atoms with van der Waals surface area (Å²) in [4.78, 5) is 11.2. The second-order valence-corrected chi connectivity index (χ2v) is 5.12. The molecule has 0 aliphatic carbocycles. The van der Waals surface area contributed by atoms with Gasteiger partial charge in [-0.25, -0.2) is 4.79 Å². The van der Waals surface area contributed by atoms with Gasteiger partial charge in [0.05, 0.1) is 5.56 Å². The lowest BCUT2D eigenvalue weighted by molar-refractivity contribution is 0.0699. The molecule has 0 amide bonds. The van der Waals surface area contributed by atoms with Gasteiger partial charge in [-0.2, -0.15) is 0 Å². The third-order valence-corrected chi connectivity index (χ3v) is 3.19. The molecule has 2 N–H and O–H groups in total. The molecule has 0 saturated carbocycles. The van der Waals surface area contributed by atoms with Crippen LogP contribution in [0.2, 0.25) is 0 Å². The predicted molar refractivity (Wildman–Crippen MR) is 78.9 cm³/mol. The molecule has 3 heteroatoms. The lowest BCUT2D eigenvalue weighted by Crippen LogP contribution is -2.06. The molecule has 0 bridgehead atoms. The molecular formula is C16H19NO2. The molecular weight excluding hydrogens is 238 g/mol. The van der Waals surface area contributed by atoms with Crippen LogP contribution in [0.5, 0.6) is 0 Å². The van der Waals surface area contributed by atoms with Crippen molar-refractivity contribution in [2.45, 2.75) is 20.3 Å². The first-order valence-corrected chi connectivity index (χ1v) is 6.58. The van der Waals surface area contributed by atoms with Crippen LogP contribution >= 0.6 is 0 Å². The Balaban J connectivity index is 2.36. The van der Waals surface area contributed by atoms with Crippen molar-refractivity contribution in [3.8, 4) is 0 Å². The van der Waals surface area contributed by atoms with Gasteiger partial charge in [0.1, 0.15) is 0 Å². The summed E-state index contributed by atoms with van der Waals surface area (Å²) in [5, 5.41) is 14.3. The highest BCUT2D eigenvalue weighted by Gasteiger charge is 2.10. The van der Waals surface area contributed by atoms with Crippen molar-refractivity contribution in [2.75, 3.05) is 11.9 Å². The Morgan fingerprint density at radius 3 is 2.47 bits per heavy atom. The maximum Gasteiger partial charge on any atom is 0.336 e. The molecule has 3 nitrogen and oxygen atoms in total. The number of carboxylic acids is 1. The molecule has 0 spiro atoms. The molecule has 100 valence electrons. The summed E-state index contributed by atoms with van der Waals surface area (Å²) < 4.78 is 0. The van der Waals surface area contributed by atoms with E-state index in [4.69, 9.17) is 0 Å². The third-order valence-electron chi connectivity index (χ3n) is 3.19. The van der Waals surface area contributed by atoms with E-state index >= 15 is 0 Å². The maximum absolute atomic E-state index is 11.2. The lowest BCUT2D eigenvalue weighted by Gasteiger charge is -2.12. The van der Waals surface area contributed by atoms with E-state index in [0.29, 0.717) is 11.5 Å². The van der Waals surface area contributed by atoms with Gasteiger partial charge in [-0.1, -0.05) is 38.1 Å². The minimum absolute atomic E-state index is 0.352. The highest BCUT2D eigenvalue weighted by atomic mass is 16.4. The number of carbonyl (C=O) groups is 1. The van der Waals surface area contributed by atoms with Crippen molar-refractivity contribution in [1.29, 1.82) is 0 Å². The molecule has 0 aliphatic rings. The van der Waals surface area contributed by atoms with Gasteiger partial charge in [0, 0.05) is 17.6 Å². The quantitative estimate of drug-likeness (QED) is 0.851. The van der Waals surface area contributed by atoms with Crippen LogP contribution in [0.4, 0.5) is 5.69 Å². The van der Waals surface area contributed by atoms with Gasteiger partial charge in [0.25, 0.3) is 0 Å². The van der Waals surface area contributed by atoms with E-state index in [0.717, 1.165) is 29.4 Å². The molecule has 2 rings (SSSR count). The SMILES string of the molecule is CC(C)CCNc1ccc(C(=O)O)c2ccccc12. The number of rotatable bonds is 5. The predicted octanol–water partition coefficient (Wildman–Crippen LogP) is 4.00. The zero-order chi connectivity index (χ0) is 13.8. The largest absolute Gasteiger partial charge is 0.478 e. The summed E-state index contributed by atoms with van der Waals surface area (Å²) in [7, 11) is 0. The van der Waals surface area contributed by atoms with E-state index in [-0.39, 0.29) is 0 Å². The fourth-order valence-electron chi connectivity index (χ4n) is 2.14. The molecule has 2 aromatic rings. The minimum Gasteiger partial charge on any atom is -0.478 e. The van der Waals surface area contributed by atoms with E-state index in [1.165, 1.54) is 0 Å². The van der Waals surface area contributed by atoms with Crippen molar-refractivity contribution >= 4 is 22.4 Å². The number of benzene rings is 2. The van der Waals surface area contributed by atoms with E-state index in [1.54, 1.807) is 6.07 Å². The normalized spacial score (nSPS) is 10.9. The summed E-state index contributed by atoms with van der Waals surface area (Å²) in [6.45, 7) is 5.27. The number of hydrogen-bond donors (Lipinski definition) is 2. The molecule has 0 atom stereocenters. The summed E-state index contributed by atoms with van der Waals surface area (Å²) in [5.74, 6) is -0.234. The minimum atomic E-state index is -0.884. The average molecular weight is 257 g/mol. The highest BCUT2D eigenvalue weighted by Crippen LogP contribution is 2.26. The molecule has 0 heterocycles. The van der Waals surface area contributed by atoms with Crippen LogP contribution in [0.25, 0.3) is 10.8 Å². The molecule has 0 radical (unpaired) electrons. The van der Waals surface area contributed by atoms with Gasteiger partial charge >= 0.3 is 5.97 Å². The van der Waals surface area contributed by atoms with Crippen molar-refractivity contribution < 1.29 is 9.90 Å². The van der Waals surface area contributed by atoms with Gasteiger partial charge < -0.3 is 10.4 Å². The van der Waals surface area contributed by atoms with Gasteiger partial charge in [0.15, 0.2) is 0 Å². The zero-order valence-corrected chi connectivity index (χ0v) is 11.3. The second kappa shape index (κ2) is 5.74. The number of anilines is 1. The first kappa shape index (κ1) is 13.4.